The predicted molar refractivity (Wildman–Crippen MR) is 181 cm³/mol. The van der Waals surface area contributed by atoms with Gasteiger partial charge in [-0.25, -0.2) is 4.79 Å². The molecular weight excluding hydrogens is 662 g/mol. The molecule has 0 aliphatic carbocycles. The molecule has 0 bridgehead atoms. The van der Waals surface area contributed by atoms with Crippen LogP contribution < -0.4 is 5.73 Å². The molecule has 2 N–H and O–H groups in total. The summed E-state index contributed by atoms with van der Waals surface area (Å²) in [5, 5.41) is 0. The highest BCUT2D eigenvalue weighted by atomic mass is 16.6. The largest absolute Gasteiger partial charge is 0.457 e. The van der Waals surface area contributed by atoms with E-state index in [1.54, 1.807) is 30.3 Å². The second kappa shape index (κ2) is 38.1. The Balaban J connectivity index is 1.65. The van der Waals surface area contributed by atoms with Crippen molar-refractivity contribution in [1.82, 2.24) is 0 Å². The normalized spacial score (nSPS) is 11.3. The van der Waals surface area contributed by atoms with Gasteiger partial charge in [0.15, 0.2) is 0 Å². The molecule has 0 saturated carbocycles. The summed E-state index contributed by atoms with van der Waals surface area (Å²) in [4.78, 5) is 23.6. The fourth-order valence-corrected chi connectivity index (χ4v) is 3.57. The summed E-state index contributed by atoms with van der Waals surface area (Å²) in [6, 6.07) is 8.25. The van der Waals surface area contributed by atoms with Crippen molar-refractivity contribution in [2.45, 2.75) is 0 Å². The standard InChI is InChI=1S/C34H59NO15/c35-6-7-38-8-9-39-10-11-40-12-13-41-14-15-42-16-17-43-18-19-44-20-21-45-22-23-46-24-25-47-26-27-48-28-29-49-30-31-50-34(37)33(36)32-4-2-1-3-5-32/h1-5H,6-31,35H2. The van der Waals surface area contributed by atoms with Crippen molar-refractivity contribution in [2.75, 3.05) is 172 Å². The van der Waals surface area contributed by atoms with Gasteiger partial charge in [0.05, 0.1) is 159 Å². The molecule has 0 fully saturated rings. The van der Waals surface area contributed by atoms with E-state index in [0.717, 1.165) is 0 Å². The maximum absolute atomic E-state index is 11.9. The van der Waals surface area contributed by atoms with Gasteiger partial charge in [0.2, 0.25) is 0 Å². The Morgan fingerprint density at radius 2 is 0.600 bits per heavy atom. The number of Topliss-reactive ketones (excluding diaryl/α,β-unsaturated/α-hetero) is 1. The van der Waals surface area contributed by atoms with Crippen LogP contribution >= 0.6 is 0 Å². The Morgan fingerprint density at radius 1 is 0.360 bits per heavy atom. The number of esters is 1. The number of rotatable bonds is 40. The second-order valence-corrected chi connectivity index (χ2v) is 9.97. The Hall–Kier alpha value is -2.16. The third-order valence-electron chi connectivity index (χ3n) is 6.04. The number of carbonyl (C=O) groups excluding carboxylic acids is 2. The summed E-state index contributed by atoms with van der Waals surface area (Å²) >= 11 is 0. The van der Waals surface area contributed by atoms with E-state index in [2.05, 4.69) is 0 Å². The van der Waals surface area contributed by atoms with Crippen molar-refractivity contribution in [3.05, 3.63) is 35.9 Å². The number of hydrogen-bond donors (Lipinski definition) is 1. The lowest BCUT2D eigenvalue weighted by Crippen LogP contribution is -2.20. The predicted octanol–water partition coefficient (Wildman–Crippen LogP) is 0.570. The van der Waals surface area contributed by atoms with Gasteiger partial charge >= 0.3 is 5.97 Å². The van der Waals surface area contributed by atoms with Gasteiger partial charge in [0.1, 0.15) is 6.61 Å². The van der Waals surface area contributed by atoms with E-state index in [-0.39, 0.29) is 13.2 Å². The van der Waals surface area contributed by atoms with Crippen molar-refractivity contribution in [1.29, 1.82) is 0 Å². The average Bonchev–Trinajstić information content (AvgIpc) is 3.14. The molecule has 1 aromatic carbocycles. The van der Waals surface area contributed by atoms with Gasteiger partial charge in [-0.05, 0) is 0 Å². The van der Waals surface area contributed by atoms with E-state index >= 15 is 0 Å². The molecule has 0 atom stereocenters. The minimum absolute atomic E-state index is 0.00477. The minimum Gasteiger partial charge on any atom is -0.457 e. The molecule has 0 radical (unpaired) electrons. The van der Waals surface area contributed by atoms with E-state index in [1.165, 1.54) is 0 Å². The smallest absolute Gasteiger partial charge is 0.379 e. The van der Waals surface area contributed by atoms with E-state index in [1.807, 2.05) is 0 Å². The Labute approximate surface area is 296 Å². The number of ether oxygens (including phenoxy) is 13. The van der Waals surface area contributed by atoms with Gasteiger partial charge in [-0.15, -0.1) is 0 Å². The van der Waals surface area contributed by atoms with Crippen LogP contribution in [0.4, 0.5) is 0 Å². The molecule has 0 saturated heterocycles. The first-order chi connectivity index (χ1) is 24.8. The van der Waals surface area contributed by atoms with E-state index in [4.69, 9.17) is 67.3 Å². The van der Waals surface area contributed by atoms with Crippen LogP contribution in [-0.2, 0) is 66.4 Å². The fourth-order valence-electron chi connectivity index (χ4n) is 3.57. The SMILES string of the molecule is NCCOCCOCCOCCOCCOCCOCCOCCOCCOCCOCCOCCOCCOC(=O)C(=O)c1ccccc1. The highest BCUT2D eigenvalue weighted by Gasteiger charge is 2.17. The molecule has 16 nitrogen and oxygen atoms in total. The van der Waals surface area contributed by atoms with Gasteiger partial charge in [-0.1, -0.05) is 30.3 Å². The van der Waals surface area contributed by atoms with Crippen LogP contribution in [0.5, 0.6) is 0 Å². The lowest BCUT2D eigenvalue weighted by Gasteiger charge is -2.09. The zero-order chi connectivity index (χ0) is 35.8. The second-order valence-electron chi connectivity index (χ2n) is 9.97. The van der Waals surface area contributed by atoms with Crippen molar-refractivity contribution in [2.24, 2.45) is 5.73 Å². The van der Waals surface area contributed by atoms with Crippen LogP contribution in [0.2, 0.25) is 0 Å². The number of ketones is 1. The van der Waals surface area contributed by atoms with Crippen LogP contribution in [0.3, 0.4) is 0 Å². The zero-order valence-corrected chi connectivity index (χ0v) is 29.5. The highest BCUT2D eigenvalue weighted by molar-refractivity contribution is 6.40. The number of hydrogen-bond acceptors (Lipinski definition) is 16. The third kappa shape index (κ3) is 31.8. The maximum Gasteiger partial charge on any atom is 0.379 e. The number of nitrogens with two attached hydrogens (primary N) is 1. The Kier molecular flexibility index (Phi) is 34.9. The van der Waals surface area contributed by atoms with Crippen LogP contribution in [0.1, 0.15) is 10.4 Å². The van der Waals surface area contributed by atoms with Crippen molar-refractivity contribution in [3.8, 4) is 0 Å². The van der Waals surface area contributed by atoms with Crippen LogP contribution in [0, 0.1) is 0 Å². The Bertz CT molecular complexity index is 868. The van der Waals surface area contributed by atoms with E-state index in [9.17, 15) is 9.59 Å². The summed E-state index contributed by atoms with van der Waals surface area (Å²) in [6.45, 7) is 11.7. The molecule has 290 valence electrons. The maximum atomic E-state index is 11.9. The monoisotopic (exact) mass is 721 g/mol. The van der Waals surface area contributed by atoms with Crippen molar-refractivity contribution < 1.29 is 71.2 Å². The van der Waals surface area contributed by atoms with Crippen LogP contribution in [0.25, 0.3) is 0 Å². The van der Waals surface area contributed by atoms with Crippen molar-refractivity contribution >= 4 is 11.8 Å². The summed E-state index contributed by atoms with van der Waals surface area (Å²) in [5.74, 6) is -1.58. The van der Waals surface area contributed by atoms with Gasteiger partial charge in [-0.2, -0.15) is 0 Å². The molecular formula is C34H59NO15. The highest BCUT2D eigenvalue weighted by Crippen LogP contribution is 2.01. The first kappa shape index (κ1) is 45.9. The minimum atomic E-state index is -0.899. The van der Waals surface area contributed by atoms with Crippen molar-refractivity contribution in [3.63, 3.8) is 0 Å². The Morgan fingerprint density at radius 3 is 0.860 bits per heavy atom. The molecule has 1 aromatic rings. The fraction of sp³-hybridized carbons (Fsp3) is 0.765. The van der Waals surface area contributed by atoms with Crippen LogP contribution in [0.15, 0.2) is 30.3 Å². The number of carbonyl (C=O) groups is 2. The summed E-state index contributed by atoms with van der Waals surface area (Å²) in [6.07, 6.45) is 0. The first-order valence-electron chi connectivity index (χ1n) is 17.1. The number of benzene rings is 1. The molecule has 50 heavy (non-hydrogen) atoms. The molecule has 0 aliphatic rings. The summed E-state index contributed by atoms with van der Waals surface area (Å²) in [5.41, 5.74) is 5.62. The molecule has 0 unspecified atom stereocenters. The molecule has 0 spiro atoms. The van der Waals surface area contributed by atoms with E-state index < -0.39 is 11.8 Å². The first-order valence-corrected chi connectivity index (χ1v) is 17.1. The zero-order valence-electron chi connectivity index (χ0n) is 29.5. The molecule has 16 heteroatoms. The van der Waals surface area contributed by atoms with Crippen LogP contribution in [-0.4, -0.2) is 183 Å². The topological polar surface area (TPSA) is 180 Å². The van der Waals surface area contributed by atoms with Gasteiger partial charge < -0.3 is 67.3 Å². The molecule has 0 aliphatic heterocycles. The average molecular weight is 722 g/mol. The molecule has 0 heterocycles. The summed E-state index contributed by atoms with van der Waals surface area (Å²) < 4.78 is 69.9. The summed E-state index contributed by atoms with van der Waals surface area (Å²) in [7, 11) is 0. The van der Waals surface area contributed by atoms with Gasteiger partial charge in [-0.3, -0.25) is 4.79 Å². The van der Waals surface area contributed by atoms with Gasteiger partial charge in [0.25, 0.3) is 5.78 Å². The quantitative estimate of drug-likeness (QED) is 0.0430. The molecule has 0 amide bonds. The lowest BCUT2D eigenvalue weighted by molar-refractivity contribution is -0.139. The third-order valence-corrected chi connectivity index (χ3v) is 6.04. The molecule has 1 rings (SSSR count). The lowest BCUT2D eigenvalue weighted by atomic mass is 10.1. The molecule has 0 aromatic heterocycles. The van der Waals surface area contributed by atoms with E-state index in [0.29, 0.717) is 164 Å². The van der Waals surface area contributed by atoms with Gasteiger partial charge in [0, 0.05) is 12.1 Å².